The second-order valence-corrected chi connectivity index (χ2v) is 5.92. The minimum Gasteiger partial charge on any atom is -0.309 e. The van der Waals surface area contributed by atoms with Gasteiger partial charge in [-0.15, -0.1) is 0 Å². The number of rotatable bonds is 8. The first kappa shape index (κ1) is 16.2. The summed E-state index contributed by atoms with van der Waals surface area (Å²) in [6.07, 6.45) is 1.17. The normalized spacial score (nSPS) is 14.9. The molecule has 0 radical (unpaired) electrons. The molecule has 0 heterocycles. The molecule has 0 spiro atoms. The van der Waals surface area contributed by atoms with Crippen LogP contribution in [0.2, 0.25) is 0 Å². The Labute approximate surface area is 119 Å². The zero-order chi connectivity index (χ0) is 14.3. The van der Waals surface area contributed by atoms with Crippen LogP contribution in [0.3, 0.4) is 0 Å². The van der Waals surface area contributed by atoms with Crippen LogP contribution in [0.15, 0.2) is 30.3 Å². The number of nitrogens with zero attached hydrogens (tertiary/aromatic N) is 1. The Bertz CT molecular complexity index is 334. The van der Waals surface area contributed by atoms with Crippen LogP contribution in [0.5, 0.6) is 0 Å². The molecular formula is C17H30N2. The van der Waals surface area contributed by atoms with Gasteiger partial charge in [-0.05, 0) is 38.4 Å². The lowest BCUT2D eigenvalue weighted by Crippen LogP contribution is -2.42. The number of hydrogen-bond acceptors (Lipinski definition) is 2. The first-order valence-corrected chi connectivity index (χ1v) is 7.54. The summed E-state index contributed by atoms with van der Waals surface area (Å²) >= 11 is 0. The molecule has 1 aromatic carbocycles. The van der Waals surface area contributed by atoms with Crippen LogP contribution in [0.4, 0.5) is 0 Å². The van der Waals surface area contributed by atoms with Crippen molar-refractivity contribution in [2.45, 2.75) is 46.2 Å². The van der Waals surface area contributed by atoms with E-state index < -0.39 is 0 Å². The van der Waals surface area contributed by atoms with Gasteiger partial charge in [-0.1, -0.05) is 51.1 Å². The maximum absolute atomic E-state index is 3.70. The van der Waals surface area contributed by atoms with Crippen molar-refractivity contribution < 1.29 is 0 Å². The molecule has 2 unspecified atom stereocenters. The third kappa shape index (κ3) is 5.33. The smallest absolute Gasteiger partial charge is 0.0475 e. The Hall–Kier alpha value is -0.860. The summed E-state index contributed by atoms with van der Waals surface area (Å²) in [5.41, 5.74) is 1.39. The fourth-order valence-electron chi connectivity index (χ4n) is 2.52. The van der Waals surface area contributed by atoms with E-state index >= 15 is 0 Å². The molecule has 2 nitrogen and oxygen atoms in total. The van der Waals surface area contributed by atoms with Gasteiger partial charge in [0.2, 0.25) is 0 Å². The molecule has 0 aromatic heterocycles. The van der Waals surface area contributed by atoms with Gasteiger partial charge in [0.15, 0.2) is 0 Å². The zero-order valence-corrected chi connectivity index (χ0v) is 13.2. The fraction of sp³-hybridized carbons (Fsp3) is 0.647. The van der Waals surface area contributed by atoms with Gasteiger partial charge in [-0.3, -0.25) is 0 Å². The third-order valence-electron chi connectivity index (χ3n) is 3.60. The largest absolute Gasteiger partial charge is 0.309 e. The molecule has 0 saturated heterocycles. The molecule has 2 atom stereocenters. The molecule has 19 heavy (non-hydrogen) atoms. The number of likely N-dealkylation sites (N-methyl/N-ethyl adjacent to an activating group) is 1. The van der Waals surface area contributed by atoms with Crippen molar-refractivity contribution in [1.82, 2.24) is 10.2 Å². The van der Waals surface area contributed by atoms with Gasteiger partial charge < -0.3 is 10.2 Å². The first-order chi connectivity index (χ1) is 9.06. The highest BCUT2D eigenvalue weighted by Crippen LogP contribution is 2.20. The summed E-state index contributed by atoms with van der Waals surface area (Å²) in [6, 6.07) is 11.7. The fourth-order valence-corrected chi connectivity index (χ4v) is 2.52. The first-order valence-electron chi connectivity index (χ1n) is 7.54. The molecule has 1 N–H and O–H groups in total. The molecule has 108 valence electrons. The van der Waals surface area contributed by atoms with Crippen LogP contribution in [0.25, 0.3) is 0 Å². The molecule has 2 heteroatoms. The average Bonchev–Trinajstić information content (AvgIpc) is 2.39. The Morgan fingerprint density at radius 2 is 1.74 bits per heavy atom. The van der Waals surface area contributed by atoms with E-state index in [-0.39, 0.29) is 0 Å². The molecule has 1 rings (SSSR count). The molecule has 1 aromatic rings. The predicted molar refractivity (Wildman–Crippen MR) is 84.4 cm³/mol. The number of hydrogen-bond donors (Lipinski definition) is 1. The molecule has 0 saturated carbocycles. The Kier molecular flexibility index (Phi) is 7.11. The minimum absolute atomic E-state index is 0.407. The van der Waals surface area contributed by atoms with Crippen molar-refractivity contribution in [2.24, 2.45) is 5.92 Å². The lowest BCUT2D eigenvalue weighted by atomic mass is 9.98. The summed E-state index contributed by atoms with van der Waals surface area (Å²) < 4.78 is 0. The molecule has 0 aliphatic carbocycles. The van der Waals surface area contributed by atoms with E-state index in [1.807, 2.05) is 0 Å². The average molecular weight is 262 g/mol. The van der Waals surface area contributed by atoms with E-state index in [0.29, 0.717) is 18.0 Å². The molecule has 0 amide bonds. The van der Waals surface area contributed by atoms with Crippen molar-refractivity contribution in [3.8, 4) is 0 Å². The van der Waals surface area contributed by atoms with Gasteiger partial charge in [-0.25, -0.2) is 0 Å². The van der Waals surface area contributed by atoms with Crippen LogP contribution >= 0.6 is 0 Å². The van der Waals surface area contributed by atoms with E-state index in [2.05, 4.69) is 75.3 Å². The van der Waals surface area contributed by atoms with E-state index in [9.17, 15) is 0 Å². The van der Waals surface area contributed by atoms with Gasteiger partial charge in [0.25, 0.3) is 0 Å². The van der Waals surface area contributed by atoms with E-state index in [1.54, 1.807) is 0 Å². The SMILES string of the molecule is CCCNC(c1ccccc1)C(C)N(C)CC(C)C. The van der Waals surface area contributed by atoms with Crippen LogP contribution < -0.4 is 5.32 Å². The quantitative estimate of drug-likeness (QED) is 0.768. The topological polar surface area (TPSA) is 15.3 Å². The summed E-state index contributed by atoms with van der Waals surface area (Å²) in [6.45, 7) is 11.3. The second kappa shape index (κ2) is 8.34. The second-order valence-electron chi connectivity index (χ2n) is 5.92. The Balaban J connectivity index is 2.78. The summed E-state index contributed by atoms with van der Waals surface area (Å²) in [7, 11) is 2.23. The van der Waals surface area contributed by atoms with Crippen molar-refractivity contribution in [3.63, 3.8) is 0 Å². The van der Waals surface area contributed by atoms with Crippen molar-refractivity contribution in [3.05, 3.63) is 35.9 Å². The van der Waals surface area contributed by atoms with E-state index in [4.69, 9.17) is 0 Å². The van der Waals surface area contributed by atoms with Crippen LogP contribution in [-0.2, 0) is 0 Å². The Morgan fingerprint density at radius 3 is 2.26 bits per heavy atom. The molecule has 0 fully saturated rings. The minimum atomic E-state index is 0.407. The molecular weight excluding hydrogens is 232 g/mol. The van der Waals surface area contributed by atoms with Crippen LogP contribution in [-0.4, -0.2) is 31.1 Å². The number of nitrogens with one attached hydrogen (secondary N) is 1. The van der Waals surface area contributed by atoms with Gasteiger partial charge in [0.1, 0.15) is 0 Å². The Morgan fingerprint density at radius 1 is 1.11 bits per heavy atom. The standard InChI is InChI=1S/C17H30N2/c1-6-12-18-17(16-10-8-7-9-11-16)15(4)19(5)13-14(2)3/h7-11,14-15,17-18H,6,12-13H2,1-5H3. The summed E-state index contributed by atoms with van der Waals surface area (Å²) in [5.74, 6) is 0.704. The van der Waals surface area contributed by atoms with Crippen LogP contribution in [0, 0.1) is 5.92 Å². The molecule has 0 aliphatic rings. The monoisotopic (exact) mass is 262 g/mol. The number of benzene rings is 1. The van der Waals surface area contributed by atoms with Gasteiger partial charge >= 0.3 is 0 Å². The highest BCUT2D eigenvalue weighted by molar-refractivity contribution is 5.20. The van der Waals surface area contributed by atoms with E-state index in [1.165, 1.54) is 12.0 Å². The van der Waals surface area contributed by atoms with E-state index in [0.717, 1.165) is 13.1 Å². The maximum atomic E-state index is 3.70. The van der Waals surface area contributed by atoms with Crippen molar-refractivity contribution >= 4 is 0 Å². The summed E-state index contributed by atoms with van der Waals surface area (Å²) in [5, 5.41) is 3.70. The summed E-state index contributed by atoms with van der Waals surface area (Å²) in [4.78, 5) is 2.46. The lowest BCUT2D eigenvalue weighted by molar-refractivity contribution is 0.187. The van der Waals surface area contributed by atoms with Crippen molar-refractivity contribution in [2.75, 3.05) is 20.1 Å². The lowest BCUT2D eigenvalue weighted by Gasteiger charge is -2.34. The molecule has 0 aliphatic heterocycles. The van der Waals surface area contributed by atoms with Gasteiger partial charge in [-0.2, -0.15) is 0 Å². The zero-order valence-electron chi connectivity index (χ0n) is 13.2. The highest BCUT2D eigenvalue weighted by Gasteiger charge is 2.22. The van der Waals surface area contributed by atoms with Crippen LogP contribution in [0.1, 0.15) is 45.7 Å². The highest BCUT2D eigenvalue weighted by atomic mass is 15.2. The van der Waals surface area contributed by atoms with Crippen molar-refractivity contribution in [1.29, 1.82) is 0 Å². The van der Waals surface area contributed by atoms with Gasteiger partial charge in [0, 0.05) is 18.6 Å². The predicted octanol–water partition coefficient (Wildman–Crippen LogP) is 3.70. The third-order valence-corrected chi connectivity index (χ3v) is 3.60. The maximum Gasteiger partial charge on any atom is 0.0475 e. The molecule has 0 bridgehead atoms. The van der Waals surface area contributed by atoms with Gasteiger partial charge in [0.05, 0.1) is 0 Å².